The highest BCUT2D eigenvalue weighted by atomic mass is 16.2. The Labute approximate surface area is 191 Å². The van der Waals surface area contributed by atoms with Gasteiger partial charge in [-0.2, -0.15) is 4.98 Å². The minimum absolute atomic E-state index is 0.0578. The number of rotatable bonds is 6. The number of anilines is 1. The van der Waals surface area contributed by atoms with Crippen LogP contribution in [-0.4, -0.2) is 43.8 Å². The van der Waals surface area contributed by atoms with Crippen LogP contribution >= 0.6 is 0 Å². The van der Waals surface area contributed by atoms with Crippen LogP contribution < -0.4 is 21.9 Å². The van der Waals surface area contributed by atoms with Gasteiger partial charge in [0.2, 0.25) is 5.95 Å². The van der Waals surface area contributed by atoms with Crippen LogP contribution in [0.5, 0.6) is 0 Å². The molecule has 0 fully saturated rings. The highest BCUT2D eigenvalue weighted by Crippen LogP contribution is 2.20. The van der Waals surface area contributed by atoms with E-state index in [1.165, 1.54) is 9.13 Å². The van der Waals surface area contributed by atoms with Crippen molar-refractivity contribution < 1.29 is 0 Å². The third-order valence-electron chi connectivity index (χ3n) is 5.69. The third kappa shape index (κ3) is 3.90. The van der Waals surface area contributed by atoms with E-state index in [2.05, 4.69) is 21.8 Å². The summed E-state index contributed by atoms with van der Waals surface area (Å²) in [6, 6.07) is 9.81. The van der Waals surface area contributed by atoms with Crippen LogP contribution in [0.3, 0.4) is 0 Å². The molecule has 0 radical (unpaired) electrons. The Morgan fingerprint density at radius 2 is 1.91 bits per heavy atom. The zero-order chi connectivity index (χ0) is 23.7. The van der Waals surface area contributed by atoms with Crippen LogP contribution in [-0.2, 0) is 20.1 Å². The van der Waals surface area contributed by atoms with Gasteiger partial charge in [0.05, 0.1) is 18.8 Å². The van der Waals surface area contributed by atoms with E-state index < -0.39 is 11.2 Å². The molecule has 33 heavy (non-hydrogen) atoms. The van der Waals surface area contributed by atoms with Crippen molar-refractivity contribution in [1.82, 2.24) is 23.7 Å². The molecular formula is C24H27N7O2. The summed E-state index contributed by atoms with van der Waals surface area (Å²) in [6.07, 6.45) is 0. The van der Waals surface area contributed by atoms with Gasteiger partial charge in [0, 0.05) is 38.3 Å². The molecule has 9 nitrogen and oxygen atoms in total. The van der Waals surface area contributed by atoms with Crippen LogP contribution in [0.15, 0.2) is 39.9 Å². The molecule has 0 bridgehead atoms. The van der Waals surface area contributed by atoms with E-state index >= 15 is 0 Å². The summed E-state index contributed by atoms with van der Waals surface area (Å²) in [5.41, 5.74) is 7.01. The summed E-state index contributed by atoms with van der Waals surface area (Å²) < 4.78 is 4.38. The van der Waals surface area contributed by atoms with Gasteiger partial charge in [-0.3, -0.25) is 23.5 Å². The van der Waals surface area contributed by atoms with E-state index in [-0.39, 0.29) is 13.1 Å². The molecule has 9 heteroatoms. The van der Waals surface area contributed by atoms with Crippen LogP contribution in [0.2, 0.25) is 0 Å². The Morgan fingerprint density at radius 3 is 2.64 bits per heavy atom. The zero-order valence-electron chi connectivity index (χ0n) is 19.3. The predicted molar refractivity (Wildman–Crippen MR) is 131 cm³/mol. The number of hydrogen-bond acceptors (Lipinski definition) is 6. The fourth-order valence-electron chi connectivity index (χ4n) is 4.08. The Morgan fingerprint density at radius 1 is 1.15 bits per heavy atom. The quantitative estimate of drug-likeness (QED) is 0.448. The molecule has 4 aromatic rings. The van der Waals surface area contributed by atoms with Gasteiger partial charge in [0.1, 0.15) is 0 Å². The third-order valence-corrected chi connectivity index (χ3v) is 5.69. The first-order valence-corrected chi connectivity index (χ1v) is 10.7. The maximum atomic E-state index is 13.7. The summed E-state index contributed by atoms with van der Waals surface area (Å²) in [6.45, 7) is 4.94. The van der Waals surface area contributed by atoms with Crippen molar-refractivity contribution in [1.29, 1.82) is 0 Å². The monoisotopic (exact) mass is 445 g/mol. The Hall–Kier alpha value is -3.90. The van der Waals surface area contributed by atoms with E-state index in [0.29, 0.717) is 35.9 Å². The molecule has 0 saturated heterocycles. The molecule has 0 saturated carbocycles. The molecule has 4 rings (SSSR count). The number of aryl methyl sites for hydroxylation is 2. The molecule has 1 aromatic carbocycles. The predicted octanol–water partition coefficient (Wildman–Crippen LogP) is 1.22. The van der Waals surface area contributed by atoms with Gasteiger partial charge in [-0.05, 0) is 25.3 Å². The number of pyridine rings is 1. The van der Waals surface area contributed by atoms with E-state index in [1.807, 2.05) is 49.2 Å². The fourth-order valence-corrected chi connectivity index (χ4v) is 4.08. The number of nitrogens with two attached hydrogens (primary N) is 1. The Bertz CT molecular complexity index is 1530. The van der Waals surface area contributed by atoms with E-state index in [0.717, 1.165) is 16.5 Å². The van der Waals surface area contributed by atoms with Gasteiger partial charge in [-0.1, -0.05) is 30.2 Å². The molecule has 0 atom stereocenters. The molecule has 0 amide bonds. The minimum atomic E-state index is -0.445. The molecule has 3 aromatic heterocycles. The Kier molecular flexibility index (Phi) is 6.03. The first-order chi connectivity index (χ1) is 15.9. The first-order valence-electron chi connectivity index (χ1n) is 10.7. The number of benzene rings is 1. The SMILES string of the molecule is CC#CCn1c(N(C)CCN)nc2c1c(=O)n(Cc1nc(C)cc3ccccc13)c(=O)n2C. The van der Waals surface area contributed by atoms with Crippen molar-refractivity contribution in [2.75, 3.05) is 25.0 Å². The van der Waals surface area contributed by atoms with E-state index in [4.69, 9.17) is 5.73 Å². The number of fused-ring (bicyclic) bond motifs is 2. The van der Waals surface area contributed by atoms with Crippen LogP contribution in [0.4, 0.5) is 5.95 Å². The maximum absolute atomic E-state index is 13.7. The molecule has 170 valence electrons. The molecule has 0 aliphatic rings. The van der Waals surface area contributed by atoms with Gasteiger partial charge in [0.25, 0.3) is 5.56 Å². The molecule has 0 unspecified atom stereocenters. The molecular weight excluding hydrogens is 418 g/mol. The van der Waals surface area contributed by atoms with Gasteiger partial charge < -0.3 is 10.6 Å². The first kappa shape index (κ1) is 22.3. The maximum Gasteiger partial charge on any atom is 0.332 e. The average molecular weight is 446 g/mol. The van der Waals surface area contributed by atoms with Crippen molar-refractivity contribution in [2.45, 2.75) is 26.9 Å². The fraction of sp³-hybridized carbons (Fsp3) is 0.333. The number of likely N-dealkylation sites (N-methyl/N-ethyl adjacent to an activating group) is 1. The number of nitrogens with zero attached hydrogens (tertiary/aromatic N) is 6. The summed E-state index contributed by atoms with van der Waals surface area (Å²) in [7, 11) is 3.47. The van der Waals surface area contributed by atoms with Crippen molar-refractivity contribution in [2.24, 2.45) is 12.8 Å². The van der Waals surface area contributed by atoms with Gasteiger partial charge in [-0.15, -0.1) is 5.92 Å². The molecule has 2 N–H and O–H groups in total. The summed E-state index contributed by atoms with van der Waals surface area (Å²) >= 11 is 0. The molecule has 3 heterocycles. The number of imidazole rings is 1. The largest absolute Gasteiger partial charge is 0.344 e. The van der Waals surface area contributed by atoms with Crippen LogP contribution in [0.25, 0.3) is 21.9 Å². The molecule has 0 aliphatic carbocycles. The zero-order valence-corrected chi connectivity index (χ0v) is 19.3. The van der Waals surface area contributed by atoms with Crippen molar-refractivity contribution in [3.05, 3.63) is 62.6 Å². The van der Waals surface area contributed by atoms with Crippen molar-refractivity contribution >= 4 is 27.9 Å². The van der Waals surface area contributed by atoms with Crippen molar-refractivity contribution in [3.63, 3.8) is 0 Å². The lowest BCUT2D eigenvalue weighted by atomic mass is 10.1. The van der Waals surface area contributed by atoms with Crippen molar-refractivity contribution in [3.8, 4) is 11.8 Å². The molecule has 0 spiro atoms. The van der Waals surface area contributed by atoms with Gasteiger partial charge in [0.15, 0.2) is 11.2 Å². The molecule has 0 aliphatic heterocycles. The van der Waals surface area contributed by atoms with Gasteiger partial charge in [-0.25, -0.2) is 4.79 Å². The lowest BCUT2D eigenvalue weighted by Crippen LogP contribution is -2.40. The standard InChI is InChI=1S/C24H27N7O2/c1-5-6-12-30-20-21(27-23(30)28(3)13-11-25)29(4)24(33)31(22(20)32)15-19-18-10-8-7-9-17(18)14-16(2)26-19/h7-10,14H,11-13,15,25H2,1-4H3. The van der Waals surface area contributed by atoms with E-state index in [1.54, 1.807) is 18.5 Å². The lowest BCUT2D eigenvalue weighted by molar-refractivity contribution is 0.646. The second kappa shape index (κ2) is 8.92. The highest BCUT2D eigenvalue weighted by molar-refractivity contribution is 5.85. The Balaban J connectivity index is 1.98. The summed E-state index contributed by atoms with van der Waals surface area (Å²) in [5.74, 6) is 6.42. The number of aromatic nitrogens is 5. The topological polar surface area (TPSA) is 104 Å². The second-order valence-electron chi connectivity index (χ2n) is 7.97. The number of hydrogen-bond donors (Lipinski definition) is 1. The van der Waals surface area contributed by atoms with E-state index in [9.17, 15) is 9.59 Å². The average Bonchev–Trinajstić information content (AvgIpc) is 3.19. The van der Waals surface area contributed by atoms with Gasteiger partial charge >= 0.3 is 5.69 Å². The second-order valence-corrected chi connectivity index (χ2v) is 7.97. The summed E-state index contributed by atoms with van der Waals surface area (Å²) in [4.78, 5) is 38.0. The lowest BCUT2D eigenvalue weighted by Gasteiger charge is -2.17. The minimum Gasteiger partial charge on any atom is -0.344 e. The summed E-state index contributed by atoms with van der Waals surface area (Å²) in [5, 5.41) is 1.92. The van der Waals surface area contributed by atoms with Crippen LogP contribution in [0.1, 0.15) is 18.3 Å². The van der Waals surface area contributed by atoms with Crippen LogP contribution in [0, 0.1) is 18.8 Å². The highest BCUT2D eigenvalue weighted by Gasteiger charge is 2.22. The smallest absolute Gasteiger partial charge is 0.332 e. The normalized spacial score (nSPS) is 11.1.